The summed E-state index contributed by atoms with van der Waals surface area (Å²) in [7, 11) is -3.65. The monoisotopic (exact) mass is 561 g/mol. The van der Waals surface area contributed by atoms with E-state index in [4.69, 9.17) is 9.73 Å². The molecule has 0 fully saturated rings. The molecule has 0 radical (unpaired) electrons. The lowest BCUT2D eigenvalue weighted by Gasteiger charge is -2.32. The summed E-state index contributed by atoms with van der Waals surface area (Å²) < 4.78 is 33.0. The summed E-state index contributed by atoms with van der Waals surface area (Å²) in [6, 6.07) is 34.8. The maximum Gasteiger partial charge on any atom is 0.255 e. The number of benzene rings is 4. The van der Waals surface area contributed by atoms with E-state index in [9.17, 15) is 18.5 Å². The lowest BCUT2D eigenvalue weighted by molar-refractivity contribution is -0.139. The molecule has 8 heteroatoms. The van der Waals surface area contributed by atoms with Crippen molar-refractivity contribution in [3.63, 3.8) is 0 Å². The SMILES string of the molecule is N#Cc1ccc2c(c1)CN(CCS(=O)(=O)c1ccccc1)C(=O)[C@@]1(Cc3ccccc3)N=C(c3ccccc3)O[C@@H]21. The average molecular weight is 562 g/mol. The molecule has 2 heterocycles. The molecule has 0 saturated heterocycles. The third kappa shape index (κ3) is 5.01. The Kier molecular flexibility index (Phi) is 6.90. The van der Waals surface area contributed by atoms with E-state index in [1.165, 1.54) is 0 Å². The fraction of sp³-hybridized carbons (Fsp3) is 0.182. The third-order valence-electron chi connectivity index (χ3n) is 7.61. The smallest absolute Gasteiger partial charge is 0.255 e. The Morgan fingerprint density at radius 2 is 1.59 bits per heavy atom. The summed E-state index contributed by atoms with van der Waals surface area (Å²) >= 11 is 0. The van der Waals surface area contributed by atoms with Crippen molar-refractivity contribution in [2.24, 2.45) is 4.99 Å². The minimum Gasteiger partial charge on any atom is -0.466 e. The zero-order chi connectivity index (χ0) is 28.5. The van der Waals surface area contributed by atoms with E-state index in [-0.39, 0.29) is 36.1 Å². The Balaban J connectivity index is 1.48. The topological polar surface area (TPSA) is 99.8 Å². The van der Waals surface area contributed by atoms with Crippen molar-refractivity contribution in [2.75, 3.05) is 12.3 Å². The van der Waals surface area contributed by atoms with Crippen LogP contribution in [0.5, 0.6) is 0 Å². The number of nitrogens with zero attached hydrogens (tertiary/aromatic N) is 3. The number of hydrogen-bond donors (Lipinski definition) is 0. The first kappa shape index (κ1) is 26.5. The highest BCUT2D eigenvalue weighted by molar-refractivity contribution is 7.91. The van der Waals surface area contributed by atoms with Crippen molar-refractivity contribution in [3.8, 4) is 6.07 Å². The van der Waals surface area contributed by atoms with Crippen molar-refractivity contribution < 1.29 is 17.9 Å². The van der Waals surface area contributed by atoms with Gasteiger partial charge in [-0.25, -0.2) is 13.4 Å². The zero-order valence-corrected chi connectivity index (χ0v) is 23.0. The summed E-state index contributed by atoms with van der Waals surface area (Å²) in [5.41, 5.74) is 2.22. The number of aliphatic imine (C=N–C) groups is 1. The van der Waals surface area contributed by atoms with Crippen LogP contribution in [0.4, 0.5) is 0 Å². The minimum absolute atomic E-state index is 0.0360. The van der Waals surface area contributed by atoms with Crippen LogP contribution in [0.15, 0.2) is 119 Å². The lowest BCUT2D eigenvalue weighted by Crippen LogP contribution is -2.50. The van der Waals surface area contributed by atoms with E-state index in [0.29, 0.717) is 11.5 Å². The van der Waals surface area contributed by atoms with Crippen molar-refractivity contribution in [2.45, 2.75) is 29.5 Å². The molecule has 0 bridgehead atoms. The number of hydrogen-bond acceptors (Lipinski definition) is 6. The first-order chi connectivity index (χ1) is 19.9. The molecule has 2 aliphatic rings. The Morgan fingerprint density at radius 1 is 0.927 bits per heavy atom. The fourth-order valence-corrected chi connectivity index (χ4v) is 6.83. The molecule has 7 nitrogen and oxygen atoms in total. The van der Waals surface area contributed by atoms with Crippen LogP contribution in [0, 0.1) is 11.3 Å². The second-order valence-electron chi connectivity index (χ2n) is 10.3. The average Bonchev–Trinajstić information content (AvgIpc) is 3.36. The van der Waals surface area contributed by atoms with Gasteiger partial charge in [-0.15, -0.1) is 0 Å². The van der Waals surface area contributed by atoms with Crippen LogP contribution in [0.2, 0.25) is 0 Å². The molecule has 4 aromatic carbocycles. The summed E-state index contributed by atoms with van der Waals surface area (Å²) in [5.74, 6) is -0.206. The van der Waals surface area contributed by atoms with Crippen LogP contribution >= 0.6 is 0 Å². The Labute approximate surface area is 239 Å². The van der Waals surface area contributed by atoms with E-state index < -0.39 is 21.5 Å². The van der Waals surface area contributed by atoms with Crippen LogP contribution in [0.1, 0.15) is 33.9 Å². The number of sulfone groups is 1. The number of fused-ring (bicyclic) bond motifs is 3. The van der Waals surface area contributed by atoms with E-state index in [0.717, 1.165) is 22.3 Å². The maximum atomic E-state index is 14.7. The molecule has 6 rings (SSSR count). The van der Waals surface area contributed by atoms with Crippen molar-refractivity contribution in [3.05, 3.63) is 137 Å². The second-order valence-corrected chi connectivity index (χ2v) is 12.4. The lowest BCUT2D eigenvalue weighted by atomic mass is 9.81. The molecule has 41 heavy (non-hydrogen) atoms. The molecule has 4 aromatic rings. The highest BCUT2D eigenvalue weighted by Gasteiger charge is 2.56. The number of nitriles is 1. The van der Waals surface area contributed by atoms with Gasteiger partial charge < -0.3 is 9.64 Å². The molecule has 204 valence electrons. The van der Waals surface area contributed by atoms with Crippen LogP contribution in [0.25, 0.3) is 0 Å². The third-order valence-corrected chi connectivity index (χ3v) is 9.32. The van der Waals surface area contributed by atoms with Gasteiger partial charge in [-0.2, -0.15) is 5.26 Å². The Morgan fingerprint density at radius 3 is 2.27 bits per heavy atom. The largest absolute Gasteiger partial charge is 0.466 e. The molecule has 0 aliphatic carbocycles. The van der Waals surface area contributed by atoms with Gasteiger partial charge in [-0.3, -0.25) is 4.79 Å². The Hall–Kier alpha value is -4.74. The Bertz CT molecular complexity index is 1770. The fourth-order valence-electron chi connectivity index (χ4n) is 5.56. The standard InChI is InChI=1S/C33H27N3O4S/c34-22-25-16-17-29-27(20-25)23-36(18-19-41(38,39)28-14-8-3-9-15-28)32(37)33(21-24-10-4-1-5-11-24)30(29)40-31(35-33)26-12-6-2-7-13-26/h1-17,20,30H,18-19,21,23H2/t30-,33-/m0/s1. The van der Waals surface area contributed by atoms with Gasteiger partial charge >= 0.3 is 0 Å². The molecule has 2 aliphatic heterocycles. The summed E-state index contributed by atoms with van der Waals surface area (Å²) in [5, 5.41) is 9.62. The van der Waals surface area contributed by atoms with Crippen molar-refractivity contribution in [1.82, 2.24) is 4.90 Å². The van der Waals surface area contributed by atoms with Gasteiger partial charge in [-0.1, -0.05) is 72.8 Å². The number of carbonyl (C=O) groups excluding carboxylic acids is 1. The number of rotatable bonds is 7. The molecular weight excluding hydrogens is 534 g/mol. The highest BCUT2D eigenvalue weighted by atomic mass is 32.2. The zero-order valence-electron chi connectivity index (χ0n) is 22.2. The first-order valence-corrected chi connectivity index (χ1v) is 15.0. The van der Waals surface area contributed by atoms with Crippen molar-refractivity contribution >= 4 is 21.6 Å². The molecule has 2 atom stereocenters. The predicted octanol–water partition coefficient (Wildman–Crippen LogP) is 4.87. The van der Waals surface area contributed by atoms with Crippen LogP contribution < -0.4 is 0 Å². The first-order valence-electron chi connectivity index (χ1n) is 13.4. The quantitative estimate of drug-likeness (QED) is 0.320. The van der Waals surface area contributed by atoms with Crippen LogP contribution in [-0.4, -0.2) is 43.0 Å². The normalized spacial score (nSPS) is 19.8. The van der Waals surface area contributed by atoms with E-state index in [1.807, 2.05) is 66.7 Å². The summed E-state index contributed by atoms with van der Waals surface area (Å²) in [6.45, 7) is 0.103. The van der Waals surface area contributed by atoms with E-state index in [1.54, 1.807) is 47.4 Å². The number of amides is 1. The van der Waals surface area contributed by atoms with E-state index in [2.05, 4.69) is 6.07 Å². The molecule has 0 spiro atoms. The summed E-state index contributed by atoms with van der Waals surface area (Å²) in [6.07, 6.45) is -0.501. The number of ether oxygens (including phenoxy) is 1. The van der Waals surface area contributed by atoms with Crippen LogP contribution in [0.3, 0.4) is 0 Å². The number of carbonyl (C=O) groups is 1. The van der Waals surface area contributed by atoms with Crippen LogP contribution in [-0.2, 0) is 32.3 Å². The van der Waals surface area contributed by atoms with Crippen molar-refractivity contribution in [1.29, 1.82) is 5.26 Å². The van der Waals surface area contributed by atoms with Gasteiger partial charge in [0.1, 0.15) is 0 Å². The predicted molar refractivity (Wildman–Crippen MR) is 155 cm³/mol. The van der Waals surface area contributed by atoms with Gasteiger partial charge in [0.15, 0.2) is 21.5 Å². The van der Waals surface area contributed by atoms with Gasteiger partial charge in [0.2, 0.25) is 5.90 Å². The molecule has 0 unspecified atom stereocenters. The molecule has 0 saturated carbocycles. The summed E-state index contributed by atoms with van der Waals surface area (Å²) in [4.78, 5) is 21.5. The molecular formula is C33H27N3O4S. The van der Waals surface area contributed by atoms with E-state index >= 15 is 0 Å². The van der Waals surface area contributed by atoms with Gasteiger partial charge in [-0.05, 0) is 47.5 Å². The van der Waals surface area contributed by atoms with Gasteiger partial charge in [0.05, 0.1) is 22.3 Å². The molecule has 0 N–H and O–H groups in total. The molecule has 0 aromatic heterocycles. The highest BCUT2D eigenvalue weighted by Crippen LogP contribution is 2.46. The maximum absolute atomic E-state index is 14.7. The van der Waals surface area contributed by atoms with Gasteiger partial charge in [0.25, 0.3) is 5.91 Å². The van der Waals surface area contributed by atoms with Gasteiger partial charge in [0, 0.05) is 30.6 Å². The minimum atomic E-state index is -3.65. The molecule has 1 amide bonds. The second kappa shape index (κ2) is 10.7.